The maximum Gasteiger partial charge on any atom is 0.443 e. The molecule has 1 heterocycles. The SMILES string of the molecule is CC1(NC(=O)c2csc(C(F)(F)F)n2)CCCCC1C(=O)O. The van der Waals surface area contributed by atoms with Crippen LogP contribution in [-0.4, -0.2) is 27.5 Å². The average molecular weight is 336 g/mol. The lowest BCUT2D eigenvalue weighted by molar-refractivity contribution is -0.145. The lowest BCUT2D eigenvalue weighted by Gasteiger charge is -2.39. The molecule has 22 heavy (non-hydrogen) atoms. The molecule has 122 valence electrons. The normalized spacial score (nSPS) is 25.7. The first kappa shape index (κ1) is 16.7. The second-order valence-corrected chi connectivity index (χ2v) is 6.40. The summed E-state index contributed by atoms with van der Waals surface area (Å²) in [7, 11) is 0. The lowest BCUT2D eigenvalue weighted by atomic mass is 9.74. The van der Waals surface area contributed by atoms with Gasteiger partial charge in [-0.1, -0.05) is 12.8 Å². The fraction of sp³-hybridized carbons (Fsp3) is 0.615. The third kappa shape index (κ3) is 3.40. The molecule has 1 fully saturated rings. The predicted octanol–water partition coefficient (Wildman–Crippen LogP) is 2.93. The van der Waals surface area contributed by atoms with Gasteiger partial charge in [-0.2, -0.15) is 13.2 Å². The van der Waals surface area contributed by atoms with E-state index in [0.717, 1.165) is 18.2 Å². The summed E-state index contributed by atoms with van der Waals surface area (Å²) >= 11 is 0.340. The van der Waals surface area contributed by atoms with E-state index >= 15 is 0 Å². The number of halogens is 3. The molecule has 1 saturated carbocycles. The molecule has 2 rings (SSSR count). The summed E-state index contributed by atoms with van der Waals surface area (Å²) in [4.78, 5) is 26.7. The van der Waals surface area contributed by atoms with Crippen molar-refractivity contribution in [2.75, 3.05) is 0 Å². The third-order valence-corrected chi connectivity index (χ3v) is 4.77. The lowest BCUT2D eigenvalue weighted by Crippen LogP contribution is -2.55. The van der Waals surface area contributed by atoms with E-state index in [2.05, 4.69) is 10.3 Å². The number of alkyl halides is 3. The zero-order valence-electron chi connectivity index (χ0n) is 11.7. The second-order valence-electron chi connectivity index (χ2n) is 5.54. The molecule has 0 bridgehead atoms. The molecular weight excluding hydrogens is 321 g/mol. The second kappa shape index (κ2) is 5.86. The van der Waals surface area contributed by atoms with Crippen molar-refractivity contribution < 1.29 is 27.9 Å². The van der Waals surface area contributed by atoms with Gasteiger partial charge in [-0.05, 0) is 19.8 Å². The van der Waals surface area contributed by atoms with Crippen molar-refractivity contribution in [3.05, 3.63) is 16.1 Å². The van der Waals surface area contributed by atoms with E-state index in [1.807, 2.05) is 0 Å². The number of hydrogen-bond acceptors (Lipinski definition) is 4. The maximum atomic E-state index is 12.5. The minimum absolute atomic E-state index is 0.340. The van der Waals surface area contributed by atoms with Crippen LogP contribution in [0.4, 0.5) is 13.2 Å². The van der Waals surface area contributed by atoms with Crippen LogP contribution >= 0.6 is 11.3 Å². The van der Waals surface area contributed by atoms with Crippen LogP contribution in [0.2, 0.25) is 0 Å². The predicted molar refractivity (Wildman–Crippen MR) is 72.6 cm³/mol. The topological polar surface area (TPSA) is 79.3 Å². The molecule has 0 radical (unpaired) electrons. The van der Waals surface area contributed by atoms with Gasteiger partial charge in [0.1, 0.15) is 5.69 Å². The number of nitrogens with one attached hydrogen (secondary N) is 1. The van der Waals surface area contributed by atoms with E-state index in [1.54, 1.807) is 6.92 Å². The minimum atomic E-state index is -4.60. The van der Waals surface area contributed by atoms with Crippen LogP contribution in [0.1, 0.15) is 48.1 Å². The Morgan fingerprint density at radius 3 is 2.68 bits per heavy atom. The average Bonchev–Trinajstić information content (AvgIpc) is 2.87. The summed E-state index contributed by atoms with van der Waals surface area (Å²) in [6.07, 6.45) is -2.20. The Bertz CT molecular complexity index is 587. The van der Waals surface area contributed by atoms with E-state index in [-0.39, 0.29) is 5.69 Å². The van der Waals surface area contributed by atoms with Crippen LogP contribution in [0.25, 0.3) is 0 Å². The highest BCUT2D eigenvalue weighted by molar-refractivity contribution is 7.09. The van der Waals surface area contributed by atoms with Crippen LogP contribution in [0.15, 0.2) is 5.38 Å². The Kier molecular flexibility index (Phi) is 4.46. The van der Waals surface area contributed by atoms with Gasteiger partial charge >= 0.3 is 12.1 Å². The van der Waals surface area contributed by atoms with Gasteiger partial charge in [0.25, 0.3) is 5.91 Å². The largest absolute Gasteiger partial charge is 0.481 e. The molecule has 5 nitrogen and oxygen atoms in total. The standard InChI is InChI=1S/C13H15F3N2O3S/c1-12(5-3-2-4-7(12)10(20)21)18-9(19)8-6-22-11(17-8)13(14,15)16/h6-7H,2-5H2,1H3,(H,18,19)(H,20,21). The summed E-state index contributed by atoms with van der Waals surface area (Å²) in [5, 5.41) is 11.8. The molecule has 1 aliphatic carbocycles. The van der Waals surface area contributed by atoms with Gasteiger partial charge in [0, 0.05) is 5.38 Å². The molecule has 0 saturated heterocycles. The van der Waals surface area contributed by atoms with Gasteiger partial charge in [0.2, 0.25) is 0 Å². The smallest absolute Gasteiger partial charge is 0.443 e. The molecule has 2 N–H and O–H groups in total. The van der Waals surface area contributed by atoms with E-state index < -0.39 is 34.5 Å². The van der Waals surface area contributed by atoms with Crippen LogP contribution in [0, 0.1) is 5.92 Å². The highest BCUT2D eigenvalue weighted by Crippen LogP contribution is 2.35. The van der Waals surface area contributed by atoms with Crippen LogP contribution in [0.3, 0.4) is 0 Å². The molecule has 0 aliphatic heterocycles. The van der Waals surface area contributed by atoms with Gasteiger partial charge in [0.05, 0.1) is 11.5 Å². The number of rotatable bonds is 3. The first-order chi connectivity index (χ1) is 10.1. The van der Waals surface area contributed by atoms with Gasteiger partial charge in [-0.15, -0.1) is 11.3 Å². The summed E-state index contributed by atoms with van der Waals surface area (Å²) in [5.74, 6) is -2.55. The van der Waals surface area contributed by atoms with Crippen LogP contribution in [-0.2, 0) is 11.0 Å². The molecule has 1 aromatic rings. The van der Waals surface area contributed by atoms with Crippen molar-refractivity contribution in [1.82, 2.24) is 10.3 Å². The number of hydrogen-bond donors (Lipinski definition) is 2. The summed E-state index contributed by atoms with van der Waals surface area (Å²) in [6, 6.07) is 0. The number of carboxylic acids is 1. The van der Waals surface area contributed by atoms with E-state index in [0.29, 0.717) is 24.2 Å². The number of thiazole rings is 1. The number of carbonyl (C=O) groups excluding carboxylic acids is 1. The molecule has 1 aromatic heterocycles. The van der Waals surface area contributed by atoms with Gasteiger partial charge in [-0.25, -0.2) is 4.98 Å². The molecular formula is C13H15F3N2O3S. The number of amides is 1. The highest BCUT2D eigenvalue weighted by Gasteiger charge is 2.43. The number of nitrogens with zero attached hydrogens (tertiary/aromatic N) is 1. The molecule has 2 atom stereocenters. The summed E-state index contributed by atoms with van der Waals surface area (Å²) in [5.41, 5.74) is -1.32. The van der Waals surface area contributed by atoms with Crippen molar-refractivity contribution in [2.24, 2.45) is 5.92 Å². The monoisotopic (exact) mass is 336 g/mol. The highest BCUT2D eigenvalue weighted by atomic mass is 32.1. The fourth-order valence-corrected chi connectivity index (χ4v) is 3.38. The Balaban J connectivity index is 2.16. The summed E-state index contributed by atoms with van der Waals surface area (Å²) < 4.78 is 37.5. The van der Waals surface area contributed by atoms with Gasteiger partial charge in [0.15, 0.2) is 5.01 Å². The van der Waals surface area contributed by atoms with Gasteiger partial charge in [-0.3, -0.25) is 9.59 Å². The Labute approximate surface area is 128 Å². The first-order valence-electron chi connectivity index (χ1n) is 6.71. The Morgan fingerprint density at radius 1 is 1.45 bits per heavy atom. The van der Waals surface area contributed by atoms with Crippen LogP contribution in [0.5, 0.6) is 0 Å². The Hall–Kier alpha value is -1.64. The number of aromatic nitrogens is 1. The molecule has 0 aromatic carbocycles. The zero-order valence-corrected chi connectivity index (χ0v) is 12.6. The van der Waals surface area contributed by atoms with Crippen molar-refractivity contribution >= 4 is 23.2 Å². The van der Waals surface area contributed by atoms with Crippen molar-refractivity contribution in [2.45, 2.75) is 44.3 Å². The molecule has 0 spiro atoms. The Morgan fingerprint density at radius 2 is 2.14 bits per heavy atom. The molecule has 1 amide bonds. The molecule has 2 unspecified atom stereocenters. The van der Waals surface area contributed by atoms with Crippen molar-refractivity contribution in [3.8, 4) is 0 Å². The van der Waals surface area contributed by atoms with E-state index in [1.165, 1.54) is 0 Å². The van der Waals surface area contributed by atoms with Crippen molar-refractivity contribution in [1.29, 1.82) is 0 Å². The number of carboxylic acid groups (broad SMARTS) is 1. The molecule has 1 aliphatic rings. The fourth-order valence-electron chi connectivity index (χ4n) is 2.71. The number of aliphatic carboxylic acids is 1. The first-order valence-corrected chi connectivity index (χ1v) is 7.59. The van der Waals surface area contributed by atoms with Gasteiger partial charge < -0.3 is 10.4 Å². The zero-order chi connectivity index (χ0) is 16.5. The quantitative estimate of drug-likeness (QED) is 0.889. The van der Waals surface area contributed by atoms with E-state index in [9.17, 15) is 27.9 Å². The third-order valence-electron chi connectivity index (χ3n) is 3.88. The molecule has 9 heteroatoms. The van der Waals surface area contributed by atoms with Crippen LogP contribution < -0.4 is 5.32 Å². The van der Waals surface area contributed by atoms with E-state index in [4.69, 9.17) is 0 Å². The maximum absolute atomic E-state index is 12.5. The number of carbonyl (C=O) groups is 2. The minimum Gasteiger partial charge on any atom is -0.481 e. The van der Waals surface area contributed by atoms with Crippen molar-refractivity contribution in [3.63, 3.8) is 0 Å². The summed E-state index contributed by atoms with van der Waals surface area (Å²) in [6.45, 7) is 1.61.